The van der Waals surface area contributed by atoms with Crippen LogP contribution in [0, 0.1) is 5.92 Å². The Hall–Kier alpha value is -0.480. The van der Waals surface area contributed by atoms with Gasteiger partial charge in [-0.3, -0.25) is 4.79 Å². The maximum absolute atomic E-state index is 10.7. The van der Waals surface area contributed by atoms with Gasteiger partial charge in [0.25, 0.3) is 0 Å². The number of thioether (sulfide) groups is 1. The van der Waals surface area contributed by atoms with Crippen LogP contribution in [-0.4, -0.2) is 28.1 Å². The molecule has 3 nitrogen and oxygen atoms in total. The summed E-state index contributed by atoms with van der Waals surface area (Å²) in [6, 6.07) is -0.740. The second-order valence-electron chi connectivity index (χ2n) is 5.17. The summed E-state index contributed by atoms with van der Waals surface area (Å²) < 4.78 is 0. The van der Waals surface area contributed by atoms with Gasteiger partial charge in [0.05, 0.1) is 0 Å². The summed E-state index contributed by atoms with van der Waals surface area (Å²) in [4.78, 5) is 10.7. The van der Waals surface area contributed by atoms with Crippen LogP contribution in [0.1, 0.15) is 40.0 Å². The normalized spacial score (nSPS) is 26.7. The largest absolute Gasteiger partial charge is 0.480 e. The Morgan fingerprint density at radius 3 is 2.76 bits per heavy atom. The van der Waals surface area contributed by atoms with E-state index in [0.717, 1.165) is 18.8 Å². The van der Waals surface area contributed by atoms with Crippen molar-refractivity contribution in [2.24, 2.45) is 11.7 Å². The van der Waals surface area contributed by atoms with Crippen LogP contribution in [0.25, 0.3) is 0 Å². The summed E-state index contributed by atoms with van der Waals surface area (Å²) in [5, 5.41) is 9.26. The molecule has 1 fully saturated rings. The van der Waals surface area contributed by atoms with Crippen LogP contribution in [0.5, 0.6) is 0 Å². The zero-order chi connectivity index (χ0) is 13.0. The molecule has 0 radical (unpaired) electrons. The number of aliphatic carboxylic acids is 1. The minimum absolute atomic E-state index is 0.467. The topological polar surface area (TPSA) is 63.3 Å². The van der Waals surface area contributed by atoms with Gasteiger partial charge < -0.3 is 10.8 Å². The van der Waals surface area contributed by atoms with E-state index in [1.807, 2.05) is 0 Å². The molecule has 17 heavy (non-hydrogen) atoms. The lowest BCUT2D eigenvalue weighted by Crippen LogP contribution is -2.34. The highest BCUT2D eigenvalue weighted by molar-refractivity contribution is 8.00. The molecule has 0 aromatic rings. The Balaban J connectivity index is 2.59. The molecule has 2 unspecified atom stereocenters. The molecule has 1 aliphatic rings. The second-order valence-corrected chi connectivity index (χ2v) is 6.41. The number of rotatable bonds is 4. The Bertz CT molecular complexity index is 311. The van der Waals surface area contributed by atoms with E-state index >= 15 is 0 Å². The Morgan fingerprint density at radius 1 is 1.59 bits per heavy atom. The molecule has 1 rings (SSSR count). The summed E-state index contributed by atoms with van der Waals surface area (Å²) >= 11 is 1.71. The van der Waals surface area contributed by atoms with Crippen molar-refractivity contribution in [3.05, 3.63) is 11.1 Å². The van der Waals surface area contributed by atoms with Crippen molar-refractivity contribution in [1.82, 2.24) is 0 Å². The van der Waals surface area contributed by atoms with E-state index in [1.165, 1.54) is 17.6 Å². The van der Waals surface area contributed by atoms with E-state index in [1.54, 1.807) is 11.8 Å². The van der Waals surface area contributed by atoms with Crippen LogP contribution < -0.4 is 5.73 Å². The van der Waals surface area contributed by atoms with Crippen LogP contribution in [-0.2, 0) is 4.79 Å². The van der Waals surface area contributed by atoms with E-state index in [2.05, 4.69) is 20.8 Å². The molecular formula is C13H23NO2S. The molecule has 3 atom stereocenters. The predicted molar refractivity (Wildman–Crippen MR) is 73.2 cm³/mol. The molecule has 0 amide bonds. The zero-order valence-corrected chi connectivity index (χ0v) is 11.7. The third kappa shape index (κ3) is 4.36. The lowest BCUT2D eigenvalue weighted by molar-refractivity contribution is -0.137. The fourth-order valence-corrected chi connectivity index (χ4v) is 3.82. The van der Waals surface area contributed by atoms with Gasteiger partial charge in [0.15, 0.2) is 0 Å². The van der Waals surface area contributed by atoms with Gasteiger partial charge in [-0.1, -0.05) is 18.1 Å². The smallest absolute Gasteiger partial charge is 0.321 e. The lowest BCUT2D eigenvalue weighted by Gasteiger charge is -2.31. The van der Waals surface area contributed by atoms with E-state index < -0.39 is 12.0 Å². The standard InChI is InChI=1S/C13H23NO2S/c1-8(2)10-5-4-9(3)6-12(10)17-7-11(14)13(15)16/h9,11-12H,4-7,14H2,1-3H3,(H,15,16)/t9?,11-,12?/m0/s1. The quantitative estimate of drug-likeness (QED) is 0.760. The van der Waals surface area contributed by atoms with Gasteiger partial charge >= 0.3 is 5.97 Å². The first kappa shape index (κ1) is 14.6. The molecule has 3 N–H and O–H groups in total. The number of carboxylic acids is 1. The van der Waals surface area contributed by atoms with Crippen LogP contribution in [0.15, 0.2) is 11.1 Å². The Morgan fingerprint density at radius 2 is 2.24 bits per heavy atom. The van der Waals surface area contributed by atoms with Gasteiger partial charge in [-0.05, 0) is 39.0 Å². The highest BCUT2D eigenvalue weighted by Gasteiger charge is 2.25. The number of hydrogen-bond acceptors (Lipinski definition) is 3. The van der Waals surface area contributed by atoms with Crippen molar-refractivity contribution in [1.29, 1.82) is 0 Å². The highest BCUT2D eigenvalue weighted by atomic mass is 32.2. The van der Waals surface area contributed by atoms with Gasteiger partial charge in [0, 0.05) is 11.0 Å². The average molecular weight is 257 g/mol. The molecule has 4 heteroatoms. The van der Waals surface area contributed by atoms with Crippen LogP contribution in [0.2, 0.25) is 0 Å². The molecule has 0 bridgehead atoms. The molecule has 98 valence electrons. The van der Waals surface area contributed by atoms with Crippen LogP contribution in [0.3, 0.4) is 0 Å². The highest BCUT2D eigenvalue weighted by Crippen LogP contribution is 2.37. The number of carbonyl (C=O) groups is 1. The molecule has 1 aliphatic carbocycles. The monoisotopic (exact) mass is 257 g/mol. The second kappa shape index (κ2) is 6.45. The molecule has 0 aromatic carbocycles. The molecule has 0 aromatic heterocycles. The lowest BCUT2D eigenvalue weighted by atomic mass is 9.85. The Kier molecular flexibility index (Phi) is 5.53. The van der Waals surface area contributed by atoms with Crippen molar-refractivity contribution in [3.8, 4) is 0 Å². The molecule has 0 saturated heterocycles. The van der Waals surface area contributed by atoms with Gasteiger partial charge in [-0.25, -0.2) is 0 Å². The van der Waals surface area contributed by atoms with E-state index in [9.17, 15) is 4.79 Å². The minimum atomic E-state index is -0.903. The average Bonchev–Trinajstić information content (AvgIpc) is 2.25. The van der Waals surface area contributed by atoms with Gasteiger partial charge in [0.2, 0.25) is 0 Å². The fraction of sp³-hybridized carbons (Fsp3) is 0.769. The summed E-state index contributed by atoms with van der Waals surface area (Å²) in [5.74, 6) is 0.334. The predicted octanol–water partition coefficient (Wildman–Crippen LogP) is 2.66. The van der Waals surface area contributed by atoms with Crippen LogP contribution in [0.4, 0.5) is 0 Å². The summed E-state index contributed by atoms with van der Waals surface area (Å²) in [5.41, 5.74) is 8.45. The van der Waals surface area contributed by atoms with Crippen molar-refractivity contribution >= 4 is 17.7 Å². The maximum atomic E-state index is 10.7. The zero-order valence-electron chi connectivity index (χ0n) is 10.9. The number of carboxylic acid groups (broad SMARTS) is 1. The third-order valence-corrected chi connectivity index (χ3v) is 4.78. The molecule has 0 aliphatic heterocycles. The van der Waals surface area contributed by atoms with E-state index in [4.69, 9.17) is 10.8 Å². The summed E-state index contributed by atoms with van der Waals surface area (Å²) in [6.07, 6.45) is 3.56. The third-order valence-electron chi connectivity index (χ3n) is 3.35. The van der Waals surface area contributed by atoms with E-state index in [0.29, 0.717) is 11.0 Å². The van der Waals surface area contributed by atoms with E-state index in [-0.39, 0.29) is 0 Å². The molecule has 0 heterocycles. The first-order valence-corrected chi connectivity index (χ1v) is 7.23. The summed E-state index contributed by atoms with van der Waals surface area (Å²) in [7, 11) is 0. The molecular weight excluding hydrogens is 234 g/mol. The molecule has 0 spiro atoms. The number of nitrogens with two attached hydrogens (primary N) is 1. The first-order chi connectivity index (χ1) is 7.91. The fourth-order valence-electron chi connectivity index (χ4n) is 2.22. The molecule has 1 saturated carbocycles. The van der Waals surface area contributed by atoms with Gasteiger partial charge in [-0.15, -0.1) is 0 Å². The summed E-state index contributed by atoms with van der Waals surface area (Å²) in [6.45, 7) is 6.57. The maximum Gasteiger partial charge on any atom is 0.321 e. The van der Waals surface area contributed by atoms with Crippen LogP contribution >= 0.6 is 11.8 Å². The van der Waals surface area contributed by atoms with Gasteiger partial charge in [0.1, 0.15) is 6.04 Å². The van der Waals surface area contributed by atoms with Crippen molar-refractivity contribution < 1.29 is 9.90 Å². The van der Waals surface area contributed by atoms with Crippen molar-refractivity contribution in [2.45, 2.75) is 51.3 Å². The van der Waals surface area contributed by atoms with Gasteiger partial charge in [-0.2, -0.15) is 11.8 Å². The van der Waals surface area contributed by atoms with Crippen molar-refractivity contribution in [2.75, 3.05) is 5.75 Å². The SMILES string of the molecule is CC(C)=C1CCC(C)CC1SC[C@H](N)C(=O)O. The number of allylic oxidation sites excluding steroid dienone is 1. The van der Waals surface area contributed by atoms with Crippen molar-refractivity contribution in [3.63, 3.8) is 0 Å². The number of hydrogen-bond donors (Lipinski definition) is 2. The Labute approximate surface area is 108 Å². The first-order valence-electron chi connectivity index (χ1n) is 6.18. The minimum Gasteiger partial charge on any atom is -0.480 e.